The molecule has 1 amide bonds. The fraction of sp³-hybridized carbons (Fsp3) is 0.348. The summed E-state index contributed by atoms with van der Waals surface area (Å²) in [5.41, 5.74) is 5.07. The van der Waals surface area contributed by atoms with Crippen LogP contribution in [0.5, 0.6) is 0 Å². The first-order valence-electron chi connectivity index (χ1n) is 9.40. The summed E-state index contributed by atoms with van der Waals surface area (Å²) in [5, 5.41) is 1.90. The molecule has 0 atom stereocenters. The lowest BCUT2D eigenvalue weighted by molar-refractivity contribution is 0.0286. The monoisotopic (exact) mass is 398 g/mol. The van der Waals surface area contributed by atoms with Crippen LogP contribution in [-0.2, 0) is 17.7 Å². The Labute approximate surface area is 171 Å². The van der Waals surface area contributed by atoms with Crippen LogP contribution in [0.3, 0.4) is 0 Å². The maximum atomic E-state index is 12.2. The van der Waals surface area contributed by atoms with E-state index in [1.165, 1.54) is 5.56 Å². The number of rotatable bonds is 4. The lowest BCUT2D eigenvalue weighted by atomic mass is 10.0. The number of hydrogen-bond donors (Lipinski definition) is 1. The summed E-state index contributed by atoms with van der Waals surface area (Å²) in [7, 11) is 1.75. The van der Waals surface area contributed by atoms with Gasteiger partial charge in [0.25, 0.3) is 0 Å². The molecule has 0 fully saturated rings. The molecule has 28 heavy (non-hydrogen) atoms. The number of H-pyrrole nitrogens is 1. The van der Waals surface area contributed by atoms with E-state index in [9.17, 15) is 4.79 Å². The van der Waals surface area contributed by atoms with Crippen LogP contribution in [0.25, 0.3) is 10.9 Å². The van der Waals surface area contributed by atoms with Crippen molar-refractivity contribution < 1.29 is 9.53 Å². The predicted molar refractivity (Wildman–Crippen MR) is 115 cm³/mol. The molecule has 0 aliphatic rings. The highest BCUT2D eigenvalue weighted by Gasteiger charge is 2.20. The number of benzene rings is 2. The number of carbonyl (C=O) groups excluding carboxylic acids is 1. The third-order valence-electron chi connectivity index (χ3n) is 4.55. The van der Waals surface area contributed by atoms with Gasteiger partial charge in [-0.15, -0.1) is 0 Å². The van der Waals surface area contributed by atoms with Gasteiger partial charge in [0.2, 0.25) is 0 Å². The Kier molecular flexibility index (Phi) is 5.71. The molecule has 0 unspecified atom stereocenters. The molecule has 3 rings (SSSR count). The van der Waals surface area contributed by atoms with Crippen LogP contribution < -0.4 is 0 Å². The van der Waals surface area contributed by atoms with E-state index in [0.717, 1.165) is 39.0 Å². The molecule has 1 aromatic heterocycles. The highest BCUT2D eigenvalue weighted by Crippen LogP contribution is 2.25. The summed E-state index contributed by atoms with van der Waals surface area (Å²) in [4.78, 5) is 17.1. The van der Waals surface area contributed by atoms with E-state index < -0.39 is 5.60 Å². The Morgan fingerprint density at radius 2 is 1.89 bits per heavy atom. The van der Waals surface area contributed by atoms with Gasteiger partial charge in [-0.05, 0) is 68.5 Å². The number of carbonyl (C=O) groups is 1. The molecule has 0 saturated carbocycles. The molecular weight excluding hydrogens is 372 g/mol. The summed E-state index contributed by atoms with van der Waals surface area (Å²) in [6.45, 7) is 8.12. The molecule has 148 valence electrons. The van der Waals surface area contributed by atoms with Gasteiger partial charge in [0.15, 0.2) is 0 Å². The number of aryl methyl sites for hydroxylation is 1. The van der Waals surface area contributed by atoms with Crippen molar-refractivity contribution in [2.24, 2.45) is 0 Å². The van der Waals surface area contributed by atoms with Crippen LogP contribution >= 0.6 is 11.6 Å². The van der Waals surface area contributed by atoms with Crippen molar-refractivity contribution in [3.8, 4) is 0 Å². The Morgan fingerprint density at radius 1 is 1.14 bits per heavy atom. The van der Waals surface area contributed by atoms with Crippen molar-refractivity contribution in [2.75, 3.05) is 7.05 Å². The van der Waals surface area contributed by atoms with Crippen LogP contribution in [0.4, 0.5) is 4.79 Å². The smallest absolute Gasteiger partial charge is 0.410 e. The van der Waals surface area contributed by atoms with E-state index in [4.69, 9.17) is 16.3 Å². The number of aromatic nitrogens is 1. The topological polar surface area (TPSA) is 45.3 Å². The van der Waals surface area contributed by atoms with Crippen molar-refractivity contribution in [3.63, 3.8) is 0 Å². The quantitative estimate of drug-likeness (QED) is 0.578. The Hall–Kier alpha value is -2.46. The lowest BCUT2D eigenvalue weighted by Gasteiger charge is -2.24. The van der Waals surface area contributed by atoms with Crippen molar-refractivity contribution in [2.45, 2.75) is 46.3 Å². The molecule has 0 aliphatic carbocycles. The van der Waals surface area contributed by atoms with Gasteiger partial charge in [-0.2, -0.15) is 0 Å². The molecule has 4 nitrogen and oxygen atoms in total. The van der Waals surface area contributed by atoms with Gasteiger partial charge in [-0.3, -0.25) is 0 Å². The molecule has 0 radical (unpaired) electrons. The molecule has 5 heteroatoms. The highest BCUT2D eigenvalue weighted by atomic mass is 35.5. The van der Waals surface area contributed by atoms with Crippen LogP contribution in [0, 0.1) is 6.92 Å². The number of nitrogens with one attached hydrogen (secondary N) is 1. The van der Waals surface area contributed by atoms with Crippen LogP contribution in [0.15, 0.2) is 42.6 Å². The Morgan fingerprint density at radius 3 is 2.57 bits per heavy atom. The van der Waals surface area contributed by atoms with Gasteiger partial charge in [-0.1, -0.05) is 35.9 Å². The number of amides is 1. The number of ether oxygens (including phenoxy) is 1. The zero-order chi connectivity index (χ0) is 20.5. The maximum Gasteiger partial charge on any atom is 0.410 e. The minimum Gasteiger partial charge on any atom is -0.444 e. The number of nitrogens with zero attached hydrogens (tertiary/aromatic N) is 1. The van der Waals surface area contributed by atoms with E-state index in [2.05, 4.69) is 35.3 Å². The number of halogens is 1. The van der Waals surface area contributed by atoms with Crippen LogP contribution in [0.1, 0.15) is 43.0 Å². The van der Waals surface area contributed by atoms with Crippen molar-refractivity contribution in [1.82, 2.24) is 9.88 Å². The first kappa shape index (κ1) is 20.3. The van der Waals surface area contributed by atoms with E-state index in [1.54, 1.807) is 11.9 Å². The van der Waals surface area contributed by atoms with Crippen LogP contribution in [-0.4, -0.2) is 28.6 Å². The van der Waals surface area contributed by atoms with E-state index in [-0.39, 0.29) is 6.09 Å². The second-order valence-corrected chi connectivity index (χ2v) is 8.71. The Balaban J connectivity index is 1.76. The molecule has 0 saturated heterocycles. The van der Waals surface area contributed by atoms with Gasteiger partial charge in [0.05, 0.1) is 6.54 Å². The molecule has 2 aromatic carbocycles. The third-order valence-corrected chi connectivity index (χ3v) is 4.90. The molecule has 0 spiro atoms. The van der Waals surface area contributed by atoms with Gasteiger partial charge < -0.3 is 14.6 Å². The standard InChI is InChI=1S/C23H27ClN2O2/c1-15-6-8-17(20(24)10-15)11-16-7-9-19-18(13-25-21(19)12-16)14-26(5)22(27)28-23(2,3)4/h6-10,12-13,25H,11,14H2,1-5H3. The minimum atomic E-state index is -0.502. The molecule has 0 bridgehead atoms. The lowest BCUT2D eigenvalue weighted by Crippen LogP contribution is -2.33. The fourth-order valence-electron chi connectivity index (χ4n) is 3.15. The third kappa shape index (κ3) is 4.87. The molecule has 0 aliphatic heterocycles. The second-order valence-electron chi connectivity index (χ2n) is 8.30. The summed E-state index contributed by atoms with van der Waals surface area (Å²) in [5.74, 6) is 0. The van der Waals surface area contributed by atoms with E-state index in [0.29, 0.717) is 6.54 Å². The highest BCUT2D eigenvalue weighted by molar-refractivity contribution is 6.31. The second kappa shape index (κ2) is 7.88. The summed E-state index contributed by atoms with van der Waals surface area (Å²) < 4.78 is 5.43. The van der Waals surface area contributed by atoms with Crippen molar-refractivity contribution in [1.29, 1.82) is 0 Å². The maximum absolute atomic E-state index is 12.2. The summed E-state index contributed by atoms with van der Waals surface area (Å²) in [6, 6.07) is 12.5. The van der Waals surface area contributed by atoms with Crippen molar-refractivity contribution in [3.05, 3.63) is 69.9 Å². The van der Waals surface area contributed by atoms with E-state index in [1.807, 2.05) is 40.0 Å². The summed E-state index contributed by atoms with van der Waals surface area (Å²) in [6.07, 6.45) is 2.41. The zero-order valence-corrected chi connectivity index (χ0v) is 17.9. The number of hydrogen-bond acceptors (Lipinski definition) is 2. The van der Waals surface area contributed by atoms with Gasteiger partial charge in [0, 0.05) is 29.2 Å². The average Bonchev–Trinajstić information content (AvgIpc) is 2.98. The first-order valence-corrected chi connectivity index (χ1v) is 9.78. The number of fused-ring (bicyclic) bond motifs is 1. The molecule has 1 heterocycles. The molecule has 3 aromatic rings. The Bertz CT molecular complexity index is 1000. The first-order chi connectivity index (χ1) is 13.1. The normalized spacial score (nSPS) is 11.6. The zero-order valence-electron chi connectivity index (χ0n) is 17.1. The van der Waals surface area contributed by atoms with Gasteiger partial charge in [0.1, 0.15) is 5.60 Å². The SMILES string of the molecule is Cc1ccc(Cc2ccc3c(CN(C)C(=O)OC(C)(C)C)c[nH]c3c2)c(Cl)c1. The average molecular weight is 399 g/mol. The van der Waals surface area contributed by atoms with Gasteiger partial charge in [-0.25, -0.2) is 4.79 Å². The van der Waals surface area contributed by atoms with Crippen molar-refractivity contribution >= 4 is 28.6 Å². The number of aromatic amines is 1. The predicted octanol–water partition coefficient (Wildman–Crippen LogP) is 6.09. The van der Waals surface area contributed by atoms with Crippen LogP contribution in [0.2, 0.25) is 5.02 Å². The van der Waals surface area contributed by atoms with E-state index >= 15 is 0 Å². The fourth-order valence-corrected chi connectivity index (χ4v) is 3.45. The van der Waals surface area contributed by atoms with Gasteiger partial charge >= 0.3 is 6.09 Å². The minimum absolute atomic E-state index is 0.326. The molecule has 1 N–H and O–H groups in total. The summed E-state index contributed by atoms with van der Waals surface area (Å²) >= 11 is 6.38. The molecular formula is C23H27ClN2O2. The largest absolute Gasteiger partial charge is 0.444 e.